The quantitative estimate of drug-likeness (QED) is 0.903. The summed E-state index contributed by atoms with van der Waals surface area (Å²) in [6.45, 7) is 5.02. The number of hydrogen-bond acceptors (Lipinski definition) is 2. The molecular formula is C15H19Cl2N3. The molecule has 0 amide bonds. The van der Waals surface area contributed by atoms with Gasteiger partial charge in [0.05, 0.1) is 12.0 Å². The van der Waals surface area contributed by atoms with Crippen molar-refractivity contribution in [2.45, 2.75) is 32.9 Å². The Morgan fingerprint density at radius 3 is 2.70 bits per heavy atom. The fourth-order valence-corrected chi connectivity index (χ4v) is 2.61. The highest BCUT2D eigenvalue weighted by atomic mass is 35.5. The van der Waals surface area contributed by atoms with Crippen LogP contribution < -0.4 is 5.73 Å². The summed E-state index contributed by atoms with van der Waals surface area (Å²) < 4.78 is 2.09. The second kappa shape index (κ2) is 6.61. The van der Waals surface area contributed by atoms with Crippen LogP contribution in [0, 0.1) is 5.92 Å². The number of nitrogens with zero attached hydrogens (tertiary/aromatic N) is 2. The predicted octanol–water partition coefficient (Wildman–Crippen LogP) is 4.09. The van der Waals surface area contributed by atoms with Crippen molar-refractivity contribution in [2.75, 3.05) is 0 Å². The molecule has 1 unspecified atom stereocenters. The smallest absolute Gasteiger partial charge is 0.0948 e. The second-order valence-corrected chi connectivity index (χ2v) is 6.11. The van der Waals surface area contributed by atoms with Crippen molar-refractivity contribution in [1.82, 2.24) is 9.55 Å². The Hall–Kier alpha value is -1.03. The molecule has 1 atom stereocenters. The molecule has 1 aromatic heterocycles. The molecule has 0 aliphatic heterocycles. The van der Waals surface area contributed by atoms with Crippen molar-refractivity contribution < 1.29 is 0 Å². The van der Waals surface area contributed by atoms with E-state index in [-0.39, 0.29) is 6.04 Å². The van der Waals surface area contributed by atoms with Crippen LogP contribution in [0.1, 0.15) is 31.1 Å². The Morgan fingerprint density at radius 1 is 1.30 bits per heavy atom. The van der Waals surface area contributed by atoms with Gasteiger partial charge in [0.15, 0.2) is 0 Å². The van der Waals surface area contributed by atoms with Gasteiger partial charge in [0.25, 0.3) is 0 Å². The normalized spacial score (nSPS) is 12.9. The number of rotatable bonds is 5. The van der Waals surface area contributed by atoms with Gasteiger partial charge >= 0.3 is 0 Å². The minimum Gasteiger partial charge on any atom is -0.333 e. The van der Waals surface area contributed by atoms with Crippen molar-refractivity contribution in [2.24, 2.45) is 11.7 Å². The second-order valence-electron chi connectivity index (χ2n) is 5.27. The molecule has 0 bridgehead atoms. The predicted molar refractivity (Wildman–Crippen MR) is 84.2 cm³/mol. The Bertz CT molecular complexity index is 578. The molecule has 3 nitrogen and oxygen atoms in total. The van der Waals surface area contributed by atoms with Crippen LogP contribution >= 0.6 is 23.2 Å². The van der Waals surface area contributed by atoms with E-state index in [9.17, 15) is 0 Å². The fraction of sp³-hybridized carbons (Fsp3) is 0.400. The third-order valence-corrected chi connectivity index (χ3v) is 4.03. The fourth-order valence-electron chi connectivity index (χ4n) is 2.10. The van der Waals surface area contributed by atoms with Crippen LogP contribution in [-0.2, 0) is 13.0 Å². The summed E-state index contributed by atoms with van der Waals surface area (Å²) >= 11 is 12.1. The molecule has 2 N–H and O–H groups in total. The molecule has 0 saturated carbocycles. The molecule has 5 heteroatoms. The summed E-state index contributed by atoms with van der Waals surface area (Å²) in [4.78, 5) is 4.20. The maximum absolute atomic E-state index is 6.20. The zero-order valence-corrected chi connectivity index (χ0v) is 13.2. The summed E-state index contributed by atoms with van der Waals surface area (Å²) in [5.74, 6) is 0.379. The molecule has 1 aromatic carbocycles. The van der Waals surface area contributed by atoms with Gasteiger partial charge in [-0.25, -0.2) is 4.98 Å². The van der Waals surface area contributed by atoms with E-state index in [1.165, 1.54) is 0 Å². The SMILES string of the molecule is CC(C)C(N)c1cncn1CCc1ccc(Cl)cc1Cl. The maximum Gasteiger partial charge on any atom is 0.0948 e. The lowest BCUT2D eigenvalue weighted by Crippen LogP contribution is -2.20. The van der Waals surface area contributed by atoms with Gasteiger partial charge < -0.3 is 10.3 Å². The van der Waals surface area contributed by atoms with E-state index >= 15 is 0 Å². The molecule has 0 fully saturated rings. The van der Waals surface area contributed by atoms with Crippen LogP contribution in [0.2, 0.25) is 10.0 Å². The number of aromatic nitrogens is 2. The number of benzene rings is 1. The molecular weight excluding hydrogens is 293 g/mol. The molecule has 0 radical (unpaired) electrons. The van der Waals surface area contributed by atoms with Crippen LogP contribution in [-0.4, -0.2) is 9.55 Å². The van der Waals surface area contributed by atoms with Gasteiger partial charge in [0.1, 0.15) is 0 Å². The third-order valence-electron chi connectivity index (χ3n) is 3.44. The molecule has 0 saturated heterocycles. The topological polar surface area (TPSA) is 43.8 Å². The lowest BCUT2D eigenvalue weighted by atomic mass is 10.0. The molecule has 2 rings (SSSR count). The van der Waals surface area contributed by atoms with Crippen molar-refractivity contribution in [3.05, 3.63) is 52.0 Å². The standard InChI is InChI=1S/C15H19Cl2N3/c1-10(2)15(18)14-8-19-9-20(14)6-5-11-3-4-12(16)7-13(11)17/h3-4,7-10,15H,5-6,18H2,1-2H3. The first kappa shape index (κ1) is 15.4. The minimum absolute atomic E-state index is 0.00168. The zero-order chi connectivity index (χ0) is 14.7. The average molecular weight is 312 g/mol. The third kappa shape index (κ3) is 3.54. The van der Waals surface area contributed by atoms with Gasteiger partial charge in [0, 0.05) is 28.8 Å². The number of imidazole rings is 1. The van der Waals surface area contributed by atoms with Gasteiger partial charge in [-0.1, -0.05) is 43.1 Å². The first-order valence-electron chi connectivity index (χ1n) is 6.68. The highest BCUT2D eigenvalue weighted by molar-refractivity contribution is 6.35. The average Bonchev–Trinajstić information content (AvgIpc) is 2.85. The van der Waals surface area contributed by atoms with Crippen molar-refractivity contribution >= 4 is 23.2 Å². The summed E-state index contributed by atoms with van der Waals surface area (Å²) in [7, 11) is 0. The van der Waals surface area contributed by atoms with Crippen molar-refractivity contribution in [3.8, 4) is 0 Å². The van der Waals surface area contributed by atoms with E-state index in [0.29, 0.717) is 16.0 Å². The maximum atomic E-state index is 6.20. The van der Waals surface area contributed by atoms with Crippen molar-refractivity contribution in [3.63, 3.8) is 0 Å². The Labute approximate surface area is 129 Å². The number of nitrogens with two attached hydrogens (primary N) is 1. The highest BCUT2D eigenvalue weighted by Crippen LogP contribution is 2.23. The monoisotopic (exact) mass is 311 g/mol. The van der Waals surface area contributed by atoms with Gasteiger partial charge in [-0.15, -0.1) is 0 Å². The number of aryl methyl sites for hydroxylation is 2. The highest BCUT2D eigenvalue weighted by Gasteiger charge is 2.15. The van der Waals surface area contributed by atoms with Crippen LogP contribution in [0.15, 0.2) is 30.7 Å². The Kier molecular flexibility index (Phi) is 5.08. The lowest BCUT2D eigenvalue weighted by Gasteiger charge is -2.18. The summed E-state index contributed by atoms with van der Waals surface area (Å²) in [6.07, 6.45) is 4.49. The van der Waals surface area contributed by atoms with Gasteiger partial charge in [0.2, 0.25) is 0 Å². The molecule has 20 heavy (non-hydrogen) atoms. The molecule has 1 heterocycles. The van der Waals surface area contributed by atoms with Gasteiger partial charge in [-0.2, -0.15) is 0 Å². The summed E-state index contributed by atoms with van der Waals surface area (Å²) in [6, 6.07) is 5.59. The van der Waals surface area contributed by atoms with E-state index in [0.717, 1.165) is 24.2 Å². The summed E-state index contributed by atoms with van der Waals surface area (Å²) in [5.41, 5.74) is 8.34. The zero-order valence-electron chi connectivity index (χ0n) is 11.7. The van der Waals surface area contributed by atoms with Crippen molar-refractivity contribution in [1.29, 1.82) is 0 Å². The molecule has 0 aliphatic rings. The first-order chi connectivity index (χ1) is 9.49. The van der Waals surface area contributed by atoms with E-state index in [4.69, 9.17) is 28.9 Å². The molecule has 108 valence electrons. The molecule has 0 spiro atoms. The minimum atomic E-state index is -0.00168. The summed E-state index contributed by atoms with van der Waals surface area (Å²) in [5, 5.41) is 1.36. The van der Waals surface area contributed by atoms with E-state index in [1.54, 1.807) is 6.07 Å². The molecule has 2 aromatic rings. The Morgan fingerprint density at radius 2 is 2.05 bits per heavy atom. The van der Waals surface area contributed by atoms with Crippen LogP contribution in [0.3, 0.4) is 0 Å². The lowest BCUT2D eigenvalue weighted by molar-refractivity contribution is 0.477. The van der Waals surface area contributed by atoms with E-state index in [1.807, 2.05) is 24.7 Å². The largest absolute Gasteiger partial charge is 0.333 e. The van der Waals surface area contributed by atoms with Crippen LogP contribution in [0.25, 0.3) is 0 Å². The first-order valence-corrected chi connectivity index (χ1v) is 7.44. The van der Waals surface area contributed by atoms with Gasteiger partial charge in [-0.05, 0) is 30.0 Å². The number of hydrogen-bond donors (Lipinski definition) is 1. The van der Waals surface area contributed by atoms with E-state index in [2.05, 4.69) is 23.4 Å². The van der Waals surface area contributed by atoms with Crippen LogP contribution in [0.5, 0.6) is 0 Å². The molecule has 0 aliphatic carbocycles. The number of halogens is 2. The van der Waals surface area contributed by atoms with E-state index < -0.39 is 0 Å². The Balaban J connectivity index is 2.10. The van der Waals surface area contributed by atoms with Gasteiger partial charge in [-0.3, -0.25) is 0 Å². The van der Waals surface area contributed by atoms with Crippen LogP contribution in [0.4, 0.5) is 0 Å².